The number of hydrogen-bond donors (Lipinski definition) is 1. The maximum Gasteiger partial charge on any atom is 0.0738 e. The highest BCUT2D eigenvalue weighted by Crippen LogP contribution is 2.28. The number of aryl methyl sites for hydroxylation is 3. The van der Waals surface area contributed by atoms with Gasteiger partial charge in [0.05, 0.1) is 15.9 Å². The van der Waals surface area contributed by atoms with Gasteiger partial charge in [-0.05, 0) is 60.1 Å². The number of hydrogen-bond acceptors (Lipinski definition) is 2. The Labute approximate surface area is 137 Å². The van der Waals surface area contributed by atoms with Gasteiger partial charge in [0.1, 0.15) is 0 Å². The van der Waals surface area contributed by atoms with E-state index >= 15 is 0 Å². The average molecular weight is 401 g/mol. The minimum absolute atomic E-state index is 0.263. The molecule has 1 heterocycles. The van der Waals surface area contributed by atoms with Gasteiger partial charge in [-0.2, -0.15) is 5.10 Å². The van der Waals surface area contributed by atoms with Crippen molar-refractivity contribution in [3.8, 4) is 0 Å². The SMILES string of the molecule is CNC(Cc1c(Br)c(C)nn1C)c1cc(Br)ccc1C. The molecule has 2 rings (SSSR count). The maximum absolute atomic E-state index is 4.46. The van der Waals surface area contributed by atoms with Crippen molar-refractivity contribution in [1.82, 2.24) is 15.1 Å². The molecule has 1 N–H and O–H groups in total. The summed E-state index contributed by atoms with van der Waals surface area (Å²) >= 11 is 7.20. The van der Waals surface area contributed by atoms with Gasteiger partial charge in [0, 0.05) is 24.0 Å². The van der Waals surface area contributed by atoms with Crippen LogP contribution in [-0.4, -0.2) is 16.8 Å². The normalized spacial score (nSPS) is 12.7. The summed E-state index contributed by atoms with van der Waals surface area (Å²) in [4.78, 5) is 0. The van der Waals surface area contributed by atoms with E-state index in [-0.39, 0.29) is 6.04 Å². The Hall–Kier alpha value is -0.650. The Morgan fingerprint density at radius 3 is 2.55 bits per heavy atom. The van der Waals surface area contributed by atoms with Gasteiger partial charge in [-0.25, -0.2) is 0 Å². The van der Waals surface area contributed by atoms with Crippen LogP contribution in [0.15, 0.2) is 27.1 Å². The summed E-state index contributed by atoms with van der Waals surface area (Å²) in [6, 6.07) is 6.68. The maximum atomic E-state index is 4.46. The third-order valence-electron chi connectivity index (χ3n) is 3.62. The van der Waals surface area contributed by atoms with Crippen molar-refractivity contribution in [3.63, 3.8) is 0 Å². The van der Waals surface area contributed by atoms with E-state index < -0.39 is 0 Å². The molecule has 3 nitrogen and oxygen atoms in total. The lowest BCUT2D eigenvalue weighted by atomic mass is 9.97. The van der Waals surface area contributed by atoms with Crippen LogP contribution in [0.3, 0.4) is 0 Å². The van der Waals surface area contributed by atoms with Gasteiger partial charge in [0.2, 0.25) is 0 Å². The fourth-order valence-corrected chi connectivity index (χ4v) is 3.33. The van der Waals surface area contributed by atoms with Gasteiger partial charge in [-0.1, -0.05) is 22.0 Å². The second kappa shape index (κ2) is 6.41. The lowest BCUT2D eigenvalue weighted by Gasteiger charge is -2.19. The number of benzene rings is 1. The van der Waals surface area contributed by atoms with Crippen LogP contribution < -0.4 is 5.32 Å². The van der Waals surface area contributed by atoms with E-state index in [1.54, 1.807) is 0 Å². The third kappa shape index (κ3) is 3.15. The Morgan fingerprint density at radius 1 is 1.30 bits per heavy atom. The molecular weight excluding hydrogens is 382 g/mol. The van der Waals surface area contributed by atoms with Crippen LogP contribution in [0.5, 0.6) is 0 Å². The molecule has 5 heteroatoms. The highest BCUT2D eigenvalue weighted by Gasteiger charge is 2.18. The van der Waals surface area contributed by atoms with Crippen LogP contribution in [0, 0.1) is 13.8 Å². The molecule has 0 radical (unpaired) electrons. The summed E-state index contributed by atoms with van der Waals surface area (Å²) in [5.74, 6) is 0. The minimum Gasteiger partial charge on any atom is -0.313 e. The highest BCUT2D eigenvalue weighted by molar-refractivity contribution is 9.10. The molecule has 0 bridgehead atoms. The van der Waals surface area contributed by atoms with E-state index in [1.165, 1.54) is 16.8 Å². The molecule has 0 aliphatic heterocycles. The number of aromatic nitrogens is 2. The van der Waals surface area contributed by atoms with Gasteiger partial charge in [-0.15, -0.1) is 0 Å². The first kappa shape index (κ1) is 15.7. The number of likely N-dealkylation sites (N-methyl/N-ethyl adjacent to an activating group) is 1. The largest absolute Gasteiger partial charge is 0.313 e. The molecule has 0 saturated heterocycles. The Bertz CT molecular complexity index is 620. The van der Waals surface area contributed by atoms with E-state index in [0.717, 1.165) is 21.1 Å². The highest BCUT2D eigenvalue weighted by atomic mass is 79.9. The summed E-state index contributed by atoms with van der Waals surface area (Å²) in [6.07, 6.45) is 0.895. The van der Waals surface area contributed by atoms with Crippen molar-refractivity contribution >= 4 is 31.9 Å². The topological polar surface area (TPSA) is 29.9 Å². The summed E-state index contributed by atoms with van der Waals surface area (Å²) in [5, 5.41) is 7.88. The number of nitrogens with zero attached hydrogens (tertiary/aromatic N) is 2. The molecule has 0 saturated carbocycles. The number of nitrogens with one attached hydrogen (secondary N) is 1. The van der Waals surface area contributed by atoms with E-state index in [2.05, 4.69) is 67.4 Å². The minimum atomic E-state index is 0.263. The lowest BCUT2D eigenvalue weighted by molar-refractivity contribution is 0.557. The first-order chi connectivity index (χ1) is 9.43. The molecule has 0 amide bonds. The van der Waals surface area contributed by atoms with Crippen LogP contribution >= 0.6 is 31.9 Å². The Kier molecular flexibility index (Phi) is 5.04. The Morgan fingerprint density at radius 2 is 2.00 bits per heavy atom. The van der Waals surface area contributed by atoms with Crippen LogP contribution in [0.25, 0.3) is 0 Å². The predicted molar refractivity (Wildman–Crippen MR) is 90.0 cm³/mol. The summed E-state index contributed by atoms with van der Waals surface area (Å²) < 4.78 is 4.17. The van der Waals surface area contributed by atoms with Crippen molar-refractivity contribution in [2.75, 3.05) is 7.05 Å². The first-order valence-corrected chi connectivity index (χ1v) is 8.14. The van der Waals surface area contributed by atoms with Gasteiger partial charge < -0.3 is 5.32 Å². The monoisotopic (exact) mass is 399 g/mol. The number of rotatable bonds is 4. The third-order valence-corrected chi connectivity index (χ3v) is 5.15. The van der Waals surface area contributed by atoms with Crippen LogP contribution in [-0.2, 0) is 13.5 Å². The zero-order chi connectivity index (χ0) is 14.9. The lowest BCUT2D eigenvalue weighted by Crippen LogP contribution is -2.21. The molecule has 108 valence electrons. The molecule has 1 atom stereocenters. The van der Waals surface area contributed by atoms with Crippen molar-refractivity contribution in [1.29, 1.82) is 0 Å². The predicted octanol–water partition coefficient (Wildman–Crippen LogP) is 4.07. The number of halogens is 2. The van der Waals surface area contributed by atoms with Crippen LogP contribution in [0.2, 0.25) is 0 Å². The average Bonchev–Trinajstić information content (AvgIpc) is 2.65. The summed E-state index contributed by atoms with van der Waals surface area (Å²) in [6.45, 7) is 4.17. The van der Waals surface area contributed by atoms with Gasteiger partial charge in [0.15, 0.2) is 0 Å². The second-order valence-corrected chi connectivity index (χ2v) is 6.72. The molecule has 0 spiro atoms. The molecule has 0 aliphatic rings. The van der Waals surface area contributed by atoms with E-state index in [4.69, 9.17) is 0 Å². The summed E-state index contributed by atoms with van der Waals surface area (Å²) in [7, 11) is 4.00. The van der Waals surface area contributed by atoms with Gasteiger partial charge >= 0.3 is 0 Å². The van der Waals surface area contributed by atoms with E-state index in [9.17, 15) is 0 Å². The molecular formula is C15H19Br2N3. The second-order valence-electron chi connectivity index (χ2n) is 5.02. The fraction of sp³-hybridized carbons (Fsp3) is 0.400. The quantitative estimate of drug-likeness (QED) is 0.838. The Balaban J connectivity index is 2.36. The first-order valence-electron chi connectivity index (χ1n) is 6.55. The van der Waals surface area contributed by atoms with E-state index in [0.29, 0.717) is 0 Å². The molecule has 1 unspecified atom stereocenters. The molecule has 0 aliphatic carbocycles. The van der Waals surface area contributed by atoms with E-state index in [1.807, 2.05) is 25.7 Å². The van der Waals surface area contributed by atoms with Crippen LogP contribution in [0.4, 0.5) is 0 Å². The van der Waals surface area contributed by atoms with Crippen molar-refractivity contribution in [2.24, 2.45) is 7.05 Å². The molecule has 1 aromatic carbocycles. The summed E-state index contributed by atoms with van der Waals surface area (Å²) in [5.41, 5.74) is 4.85. The molecule has 20 heavy (non-hydrogen) atoms. The van der Waals surface area contributed by atoms with Crippen molar-refractivity contribution in [3.05, 3.63) is 49.7 Å². The molecule has 0 fully saturated rings. The molecule has 1 aromatic heterocycles. The zero-order valence-corrected chi connectivity index (χ0v) is 15.3. The smallest absolute Gasteiger partial charge is 0.0738 e. The standard InChI is InChI=1S/C15H19Br2N3/c1-9-5-6-11(16)7-12(9)13(18-3)8-14-15(17)10(2)19-20(14)4/h5-7,13,18H,8H2,1-4H3. The van der Waals surface area contributed by atoms with Crippen molar-refractivity contribution < 1.29 is 0 Å². The fourth-order valence-electron chi connectivity index (χ4n) is 2.45. The zero-order valence-electron chi connectivity index (χ0n) is 12.2. The van der Waals surface area contributed by atoms with Gasteiger partial charge in [-0.3, -0.25) is 4.68 Å². The van der Waals surface area contributed by atoms with Gasteiger partial charge in [0.25, 0.3) is 0 Å². The van der Waals surface area contributed by atoms with Crippen LogP contribution in [0.1, 0.15) is 28.6 Å². The molecule has 2 aromatic rings. The van der Waals surface area contributed by atoms with Crippen molar-refractivity contribution in [2.45, 2.75) is 26.3 Å².